The lowest BCUT2D eigenvalue weighted by Crippen LogP contribution is -2.38. The summed E-state index contributed by atoms with van der Waals surface area (Å²) in [5, 5.41) is 3.52. The maximum Gasteiger partial charge on any atom is 0.0153 e. The van der Waals surface area contributed by atoms with E-state index in [9.17, 15) is 0 Å². The van der Waals surface area contributed by atoms with Gasteiger partial charge in [-0.2, -0.15) is 0 Å². The first-order valence-corrected chi connectivity index (χ1v) is 7.48. The maximum atomic E-state index is 3.52. The van der Waals surface area contributed by atoms with Gasteiger partial charge in [-0.15, -0.1) is 0 Å². The highest BCUT2D eigenvalue weighted by molar-refractivity contribution is 4.87. The molecule has 0 bridgehead atoms. The largest absolute Gasteiger partial charge is 0.316 e. The molecule has 102 valence electrons. The van der Waals surface area contributed by atoms with Crippen molar-refractivity contribution in [3.63, 3.8) is 0 Å². The first kappa shape index (κ1) is 15.0. The fourth-order valence-corrected chi connectivity index (χ4v) is 2.70. The molecule has 2 nitrogen and oxygen atoms in total. The molecule has 1 N–H and O–H groups in total. The first-order valence-electron chi connectivity index (χ1n) is 7.48. The molecule has 0 aliphatic carbocycles. The molecular weight excluding hydrogens is 208 g/mol. The van der Waals surface area contributed by atoms with Gasteiger partial charge >= 0.3 is 0 Å². The fourth-order valence-electron chi connectivity index (χ4n) is 2.70. The minimum atomic E-state index is 0.468. The standard InChI is InChI=1S/C15H32N2/c1-14(2)13-16-10-6-5-7-11-17-12-8-9-15(17,3)4/h14,16H,5-13H2,1-4H3. The van der Waals surface area contributed by atoms with Crippen LogP contribution in [-0.4, -0.2) is 36.6 Å². The van der Waals surface area contributed by atoms with Crippen LogP contribution in [0.4, 0.5) is 0 Å². The highest BCUT2D eigenvalue weighted by Crippen LogP contribution is 2.28. The van der Waals surface area contributed by atoms with Crippen LogP contribution in [0.15, 0.2) is 0 Å². The third-order valence-electron chi connectivity index (χ3n) is 3.91. The molecule has 0 atom stereocenters. The van der Waals surface area contributed by atoms with Gasteiger partial charge in [0.15, 0.2) is 0 Å². The van der Waals surface area contributed by atoms with Crippen LogP contribution in [0.25, 0.3) is 0 Å². The van der Waals surface area contributed by atoms with Crippen molar-refractivity contribution in [1.82, 2.24) is 10.2 Å². The summed E-state index contributed by atoms with van der Waals surface area (Å²) in [6, 6.07) is 0. The molecule has 0 spiro atoms. The lowest BCUT2D eigenvalue weighted by atomic mass is 10.0. The van der Waals surface area contributed by atoms with Crippen LogP contribution in [-0.2, 0) is 0 Å². The molecule has 0 unspecified atom stereocenters. The second-order valence-electron chi connectivity index (χ2n) is 6.56. The zero-order valence-electron chi connectivity index (χ0n) is 12.4. The smallest absolute Gasteiger partial charge is 0.0153 e. The van der Waals surface area contributed by atoms with E-state index >= 15 is 0 Å². The summed E-state index contributed by atoms with van der Waals surface area (Å²) in [5.74, 6) is 0.778. The molecule has 0 radical (unpaired) electrons. The van der Waals surface area contributed by atoms with Gasteiger partial charge in [-0.1, -0.05) is 20.3 Å². The van der Waals surface area contributed by atoms with Crippen molar-refractivity contribution in [3.8, 4) is 0 Å². The Bertz CT molecular complexity index is 199. The van der Waals surface area contributed by atoms with Gasteiger partial charge in [0.25, 0.3) is 0 Å². The highest BCUT2D eigenvalue weighted by Gasteiger charge is 2.30. The van der Waals surface area contributed by atoms with Gasteiger partial charge in [0, 0.05) is 5.54 Å². The maximum absolute atomic E-state index is 3.52. The molecule has 1 heterocycles. The van der Waals surface area contributed by atoms with Gasteiger partial charge in [-0.3, -0.25) is 4.90 Å². The Hall–Kier alpha value is -0.0800. The quantitative estimate of drug-likeness (QED) is 0.655. The van der Waals surface area contributed by atoms with Crippen LogP contribution in [0.2, 0.25) is 0 Å². The third kappa shape index (κ3) is 5.87. The molecule has 1 rings (SSSR count). The normalized spacial score (nSPS) is 20.3. The minimum Gasteiger partial charge on any atom is -0.316 e. The molecule has 2 heteroatoms. The van der Waals surface area contributed by atoms with Gasteiger partial charge in [-0.25, -0.2) is 0 Å². The summed E-state index contributed by atoms with van der Waals surface area (Å²) in [6.45, 7) is 14.3. The predicted octanol–water partition coefficient (Wildman–Crippen LogP) is 3.28. The van der Waals surface area contributed by atoms with Crippen LogP contribution < -0.4 is 5.32 Å². The average Bonchev–Trinajstić information content (AvgIpc) is 2.56. The summed E-state index contributed by atoms with van der Waals surface area (Å²) >= 11 is 0. The molecule has 1 fully saturated rings. The van der Waals surface area contributed by atoms with E-state index < -0.39 is 0 Å². The number of hydrogen-bond acceptors (Lipinski definition) is 2. The zero-order valence-corrected chi connectivity index (χ0v) is 12.4. The van der Waals surface area contributed by atoms with Crippen molar-refractivity contribution < 1.29 is 0 Å². The van der Waals surface area contributed by atoms with E-state index in [0.717, 1.165) is 5.92 Å². The molecule has 0 aromatic heterocycles. The van der Waals surface area contributed by atoms with Crippen LogP contribution in [0.5, 0.6) is 0 Å². The number of nitrogens with one attached hydrogen (secondary N) is 1. The average molecular weight is 240 g/mol. The Kier molecular flexibility index (Phi) is 6.50. The van der Waals surface area contributed by atoms with Crippen molar-refractivity contribution in [3.05, 3.63) is 0 Å². The van der Waals surface area contributed by atoms with E-state index in [-0.39, 0.29) is 0 Å². The second-order valence-corrected chi connectivity index (χ2v) is 6.56. The van der Waals surface area contributed by atoms with Gasteiger partial charge < -0.3 is 5.32 Å². The van der Waals surface area contributed by atoms with Gasteiger partial charge in [0.1, 0.15) is 0 Å². The molecule has 1 aliphatic rings. The van der Waals surface area contributed by atoms with Crippen LogP contribution >= 0.6 is 0 Å². The zero-order chi connectivity index (χ0) is 12.7. The summed E-state index contributed by atoms with van der Waals surface area (Å²) in [6.07, 6.45) is 6.84. The number of nitrogens with zero attached hydrogens (tertiary/aromatic N) is 1. The fraction of sp³-hybridized carbons (Fsp3) is 1.00. The van der Waals surface area contributed by atoms with E-state index in [1.54, 1.807) is 0 Å². The van der Waals surface area contributed by atoms with Crippen molar-refractivity contribution in [2.75, 3.05) is 26.2 Å². The second kappa shape index (κ2) is 7.38. The third-order valence-corrected chi connectivity index (χ3v) is 3.91. The Morgan fingerprint density at radius 3 is 2.53 bits per heavy atom. The number of unbranched alkanes of at least 4 members (excludes halogenated alkanes) is 2. The van der Waals surface area contributed by atoms with Gasteiger partial charge in [-0.05, 0) is 71.6 Å². The lowest BCUT2D eigenvalue weighted by Gasteiger charge is -2.31. The molecule has 17 heavy (non-hydrogen) atoms. The van der Waals surface area contributed by atoms with Gasteiger partial charge in [0.05, 0.1) is 0 Å². The van der Waals surface area contributed by atoms with Crippen LogP contribution in [0.3, 0.4) is 0 Å². The number of rotatable bonds is 8. The SMILES string of the molecule is CC(C)CNCCCCCN1CCCC1(C)C. The van der Waals surface area contributed by atoms with Crippen LogP contribution in [0, 0.1) is 5.92 Å². The molecular formula is C15H32N2. The van der Waals surface area contributed by atoms with Crippen LogP contribution in [0.1, 0.15) is 59.8 Å². The Labute approximate surface area is 108 Å². The Morgan fingerprint density at radius 1 is 1.18 bits per heavy atom. The van der Waals surface area contributed by atoms with E-state index in [4.69, 9.17) is 0 Å². The molecule has 0 saturated carbocycles. The van der Waals surface area contributed by atoms with Crippen molar-refractivity contribution in [1.29, 1.82) is 0 Å². The van der Waals surface area contributed by atoms with Gasteiger partial charge in [0.2, 0.25) is 0 Å². The number of likely N-dealkylation sites (tertiary alicyclic amines) is 1. The molecule has 1 aliphatic heterocycles. The molecule has 0 aromatic carbocycles. The lowest BCUT2D eigenvalue weighted by molar-refractivity contribution is 0.171. The Balaban J connectivity index is 1.94. The topological polar surface area (TPSA) is 15.3 Å². The van der Waals surface area contributed by atoms with E-state index in [1.807, 2.05) is 0 Å². The van der Waals surface area contributed by atoms with Crippen molar-refractivity contribution in [2.24, 2.45) is 5.92 Å². The van der Waals surface area contributed by atoms with Crippen molar-refractivity contribution >= 4 is 0 Å². The van der Waals surface area contributed by atoms with E-state index in [2.05, 4.69) is 37.9 Å². The first-order chi connectivity index (χ1) is 8.02. The van der Waals surface area contributed by atoms with Crippen molar-refractivity contribution in [2.45, 2.75) is 65.3 Å². The molecule has 0 amide bonds. The monoisotopic (exact) mass is 240 g/mol. The molecule has 0 aromatic rings. The molecule has 1 saturated heterocycles. The summed E-state index contributed by atoms with van der Waals surface area (Å²) in [7, 11) is 0. The summed E-state index contributed by atoms with van der Waals surface area (Å²) < 4.78 is 0. The summed E-state index contributed by atoms with van der Waals surface area (Å²) in [4.78, 5) is 2.68. The van der Waals surface area contributed by atoms with E-state index in [0.29, 0.717) is 5.54 Å². The summed E-state index contributed by atoms with van der Waals surface area (Å²) in [5.41, 5.74) is 0.468. The van der Waals surface area contributed by atoms with E-state index in [1.165, 1.54) is 58.3 Å². The minimum absolute atomic E-state index is 0.468. The highest BCUT2D eigenvalue weighted by atomic mass is 15.2. The predicted molar refractivity (Wildman–Crippen MR) is 76.4 cm³/mol. The number of hydrogen-bond donors (Lipinski definition) is 1. The Morgan fingerprint density at radius 2 is 1.94 bits per heavy atom.